The third-order valence-electron chi connectivity index (χ3n) is 4.00. The number of aromatic hydroxyl groups is 1. The average molecular weight is 344 g/mol. The first kappa shape index (κ1) is 18.8. The average Bonchev–Trinajstić information content (AvgIpc) is 2.57. The van der Waals surface area contributed by atoms with Gasteiger partial charge in [-0.3, -0.25) is 10.1 Å². The van der Waals surface area contributed by atoms with E-state index >= 15 is 0 Å². The molecule has 1 amide bonds. The van der Waals surface area contributed by atoms with E-state index in [9.17, 15) is 15.0 Å². The van der Waals surface area contributed by atoms with Crippen molar-refractivity contribution in [3.8, 4) is 11.5 Å². The Labute approximate surface area is 147 Å². The van der Waals surface area contributed by atoms with Crippen molar-refractivity contribution in [3.63, 3.8) is 0 Å². The molecule has 0 saturated heterocycles. The Morgan fingerprint density at radius 2 is 1.92 bits per heavy atom. The van der Waals surface area contributed by atoms with Crippen LogP contribution in [0.2, 0.25) is 0 Å². The maximum atomic E-state index is 10.8. The third kappa shape index (κ3) is 4.95. The van der Waals surface area contributed by atoms with Gasteiger partial charge in [-0.25, -0.2) is 0 Å². The van der Waals surface area contributed by atoms with Crippen LogP contribution in [0.1, 0.15) is 25.0 Å². The largest absolute Gasteiger partial charge is 0.506 e. The summed E-state index contributed by atoms with van der Waals surface area (Å²) in [6.45, 7) is 3.61. The number of aliphatic hydroxyl groups is 1. The molecular formula is C19H24N2O4. The molecule has 25 heavy (non-hydrogen) atoms. The Bertz CT molecular complexity index is 714. The summed E-state index contributed by atoms with van der Waals surface area (Å²) in [6, 6.07) is 12.3. The van der Waals surface area contributed by atoms with Crippen LogP contribution < -0.4 is 15.4 Å². The molecule has 0 spiro atoms. The van der Waals surface area contributed by atoms with Gasteiger partial charge in [0.05, 0.1) is 12.8 Å². The molecule has 134 valence electrons. The van der Waals surface area contributed by atoms with Gasteiger partial charge in [-0.05, 0) is 50.1 Å². The van der Waals surface area contributed by atoms with Crippen LogP contribution in [-0.4, -0.2) is 29.8 Å². The topological polar surface area (TPSA) is 90.8 Å². The standard InChI is InChI=1S/C19H24N2O4/c1-13(10-14-4-7-16(25-3)8-5-14)21-19(2,24)15-6-9-18(23)17(11-15)20-12-22/h4-9,11-13,21,23-24H,10H2,1-3H3,(H,20,22)/t13-,19-/m1/s1. The molecule has 2 aromatic carbocycles. The van der Waals surface area contributed by atoms with Crippen LogP contribution in [0.5, 0.6) is 11.5 Å². The quantitative estimate of drug-likeness (QED) is 0.335. The molecule has 0 heterocycles. The van der Waals surface area contributed by atoms with Crippen LogP contribution in [0.4, 0.5) is 5.69 Å². The van der Waals surface area contributed by atoms with E-state index in [1.807, 2.05) is 31.2 Å². The zero-order valence-electron chi connectivity index (χ0n) is 14.6. The molecule has 2 rings (SSSR count). The fourth-order valence-corrected chi connectivity index (χ4v) is 2.75. The fourth-order valence-electron chi connectivity index (χ4n) is 2.75. The highest BCUT2D eigenvalue weighted by Gasteiger charge is 2.25. The first-order valence-electron chi connectivity index (χ1n) is 8.02. The smallest absolute Gasteiger partial charge is 0.211 e. The third-order valence-corrected chi connectivity index (χ3v) is 4.00. The Morgan fingerprint density at radius 1 is 1.24 bits per heavy atom. The van der Waals surface area contributed by atoms with Crippen molar-refractivity contribution in [2.75, 3.05) is 12.4 Å². The molecule has 0 aliphatic rings. The Balaban J connectivity index is 2.08. The molecule has 0 aliphatic heterocycles. The number of carbonyl (C=O) groups excluding carboxylic acids is 1. The second kappa shape index (κ2) is 8.00. The lowest BCUT2D eigenvalue weighted by atomic mass is 10.0. The van der Waals surface area contributed by atoms with Gasteiger partial charge in [0.25, 0.3) is 0 Å². The first-order valence-corrected chi connectivity index (χ1v) is 8.02. The van der Waals surface area contributed by atoms with Gasteiger partial charge in [0, 0.05) is 11.6 Å². The highest BCUT2D eigenvalue weighted by Crippen LogP contribution is 2.28. The Morgan fingerprint density at radius 3 is 2.52 bits per heavy atom. The van der Waals surface area contributed by atoms with Gasteiger partial charge in [0.2, 0.25) is 6.41 Å². The second-order valence-corrected chi connectivity index (χ2v) is 6.16. The zero-order chi connectivity index (χ0) is 18.4. The summed E-state index contributed by atoms with van der Waals surface area (Å²) in [5.74, 6) is 0.744. The minimum absolute atomic E-state index is 0.0142. The molecule has 0 saturated carbocycles. The molecule has 4 N–H and O–H groups in total. The number of hydrogen-bond acceptors (Lipinski definition) is 5. The van der Waals surface area contributed by atoms with Gasteiger partial charge >= 0.3 is 0 Å². The van der Waals surface area contributed by atoms with Crippen molar-refractivity contribution in [1.29, 1.82) is 0 Å². The summed E-state index contributed by atoms with van der Waals surface area (Å²) in [7, 11) is 1.63. The first-order chi connectivity index (χ1) is 11.9. The lowest BCUT2D eigenvalue weighted by Crippen LogP contribution is -2.45. The summed E-state index contributed by atoms with van der Waals surface area (Å²) in [6.07, 6.45) is 1.20. The van der Waals surface area contributed by atoms with Gasteiger partial charge in [0.1, 0.15) is 17.2 Å². The Hall–Kier alpha value is -2.57. The van der Waals surface area contributed by atoms with Crippen molar-refractivity contribution in [2.24, 2.45) is 0 Å². The monoisotopic (exact) mass is 344 g/mol. The number of methoxy groups -OCH3 is 1. The number of amides is 1. The summed E-state index contributed by atoms with van der Waals surface area (Å²) in [4.78, 5) is 10.6. The van der Waals surface area contributed by atoms with Crippen molar-refractivity contribution < 1.29 is 19.7 Å². The van der Waals surface area contributed by atoms with Crippen LogP contribution in [-0.2, 0) is 16.9 Å². The van der Waals surface area contributed by atoms with E-state index in [1.54, 1.807) is 20.1 Å². The van der Waals surface area contributed by atoms with Crippen molar-refractivity contribution in [1.82, 2.24) is 5.32 Å². The van der Waals surface area contributed by atoms with E-state index in [0.29, 0.717) is 12.0 Å². The molecule has 0 unspecified atom stereocenters. The van der Waals surface area contributed by atoms with Crippen LogP contribution in [0.25, 0.3) is 0 Å². The van der Waals surface area contributed by atoms with Crippen molar-refractivity contribution >= 4 is 12.1 Å². The summed E-state index contributed by atoms with van der Waals surface area (Å²) < 4.78 is 5.15. The van der Waals surface area contributed by atoms with E-state index in [4.69, 9.17) is 4.74 Å². The molecule has 0 bridgehead atoms. The molecule has 6 heteroatoms. The number of benzene rings is 2. The highest BCUT2D eigenvalue weighted by molar-refractivity contribution is 5.75. The van der Waals surface area contributed by atoms with Crippen LogP contribution in [0.3, 0.4) is 0 Å². The molecule has 0 fully saturated rings. The number of phenolic OH excluding ortho intramolecular Hbond substituents is 1. The van der Waals surface area contributed by atoms with E-state index in [2.05, 4.69) is 10.6 Å². The van der Waals surface area contributed by atoms with Crippen LogP contribution in [0, 0.1) is 0 Å². The van der Waals surface area contributed by atoms with E-state index in [0.717, 1.165) is 17.7 Å². The van der Waals surface area contributed by atoms with Gasteiger partial charge in [0.15, 0.2) is 0 Å². The van der Waals surface area contributed by atoms with Crippen LogP contribution >= 0.6 is 0 Å². The fraction of sp³-hybridized carbons (Fsp3) is 0.316. The number of ether oxygens (including phenoxy) is 1. The number of hydrogen-bond donors (Lipinski definition) is 4. The number of carbonyl (C=O) groups is 1. The van der Waals surface area contributed by atoms with Gasteiger partial charge in [-0.2, -0.15) is 0 Å². The lowest BCUT2D eigenvalue weighted by molar-refractivity contribution is -0.105. The number of rotatable bonds is 8. The van der Waals surface area contributed by atoms with E-state index < -0.39 is 5.72 Å². The van der Waals surface area contributed by atoms with Crippen LogP contribution in [0.15, 0.2) is 42.5 Å². The maximum Gasteiger partial charge on any atom is 0.211 e. The molecule has 0 radical (unpaired) electrons. The van der Waals surface area contributed by atoms with E-state index in [-0.39, 0.29) is 17.5 Å². The molecule has 0 aliphatic carbocycles. The summed E-state index contributed by atoms with van der Waals surface area (Å²) >= 11 is 0. The van der Waals surface area contributed by atoms with E-state index in [1.165, 1.54) is 12.1 Å². The number of phenols is 1. The minimum Gasteiger partial charge on any atom is -0.506 e. The Kier molecular flexibility index (Phi) is 6.01. The summed E-state index contributed by atoms with van der Waals surface area (Å²) in [5.41, 5.74) is 0.582. The molecule has 2 aromatic rings. The zero-order valence-corrected chi connectivity index (χ0v) is 14.6. The SMILES string of the molecule is COc1ccc(C[C@@H](C)N[C@](C)(O)c2ccc(O)c(NC=O)c2)cc1. The van der Waals surface area contributed by atoms with Crippen molar-refractivity contribution in [3.05, 3.63) is 53.6 Å². The number of nitrogens with one attached hydrogen (secondary N) is 2. The molecule has 0 aromatic heterocycles. The minimum atomic E-state index is -1.32. The highest BCUT2D eigenvalue weighted by atomic mass is 16.5. The normalized spacial score (nSPS) is 14.4. The second-order valence-electron chi connectivity index (χ2n) is 6.16. The van der Waals surface area contributed by atoms with Gasteiger partial charge in [-0.15, -0.1) is 0 Å². The summed E-state index contributed by atoms with van der Waals surface area (Å²) in [5, 5.41) is 26.1. The maximum absolute atomic E-state index is 10.8. The molecule has 2 atom stereocenters. The molecular weight excluding hydrogens is 320 g/mol. The predicted octanol–water partition coefficient (Wildman–Crippen LogP) is 2.35. The predicted molar refractivity (Wildman–Crippen MR) is 96.7 cm³/mol. The molecule has 6 nitrogen and oxygen atoms in total. The van der Waals surface area contributed by atoms with Gasteiger partial charge in [-0.1, -0.05) is 18.2 Å². The number of anilines is 1. The van der Waals surface area contributed by atoms with Gasteiger partial charge < -0.3 is 20.3 Å². The lowest BCUT2D eigenvalue weighted by Gasteiger charge is -2.30. The van der Waals surface area contributed by atoms with Crippen molar-refractivity contribution in [2.45, 2.75) is 32.0 Å².